The molecule has 130 valence electrons. The number of ether oxygens (including phenoxy) is 2. The molecule has 7 nitrogen and oxygen atoms in total. The van der Waals surface area contributed by atoms with Crippen molar-refractivity contribution in [2.45, 2.75) is 19.4 Å². The van der Waals surface area contributed by atoms with Crippen molar-refractivity contribution in [1.29, 1.82) is 0 Å². The van der Waals surface area contributed by atoms with E-state index >= 15 is 0 Å². The van der Waals surface area contributed by atoms with Gasteiger partial charge in [-0.2, -0.15) is 0 Å². The Morgan fingerprint density at radius 1 is 1.25 bits per heavy atom. The van der Waals surface area contributed by atoms with E-state index in [0.717, 1.165) is 29.2 Å². The molecule has 10 heteroatoms. The van der Waals surface area contributed by atoms with Crippen LogP contribution in [-0.2, 0) is 9.53 Å². The Morgan fingerprint density at radius 3 is 2.38 bits per heavy atom. The Bertz CT molecular complexity index is 645. The molecule has 1 atom stereocenters. The lowest BCUT2D eigenvalue weighted by atomic mass is 10.2. The van der Waals surface area contributed by atoms with Gasteiger partial charge in [-0.15, -0.1) is 13.2 Å². The lowest BCUT2D eigenvalue weighted by Gasteiger charge is -2.18. The molecular formula is C14H13F3N2O5. The highest BCUT2D eigenvalue weighted by Crippen LogP contribution is 2.23. The summed E-state index contributed by atoms with van der Waals surface area (Å²) in [6, 6.07) is 3.47. The van der Waals surface area contributed by atoms with E-state index in [4.69, 9.17) is 4.74 Å². The second-order valence-electron chi connectivity index (χ2n) is 4.84. The van der Waals surface area contributed by atoms with Gasteiger partial charge in [0.05, 0.1) is 5.56 Å². The highest BCUT2D eigenvalue weighted by molar-refractivity contribution is 5.99. The van der Waals surface area contributed by atoms with Gasteiger partial charge in [-0.05, 0) is 31.2 Å². The molecule has 0 aromatic heterocycles. The summed E-state index contributed by atoms with van der Waals surface area (Å²) in [5.74, 6) is -2.08. The quantitative estimate of drug-likeness (QED) is 0.839. The third-order valence-corrected chi connectivity index (χ3v) is 3.08. The minimum Gasteiger partial charge on any atom is -0.449 e. The second kappa shape index (κ2) is 6.77. The summed E-state index contributed by atoms with van der Waals surface area (Å²) in [5.41, 5.74) is -0.0601. The maximum atomic E-state index is 12.1. The average Bonchev–Trinajstić information content (AvgIpc) is 2.91. The van der Waals surface area contributed by atoms with E-state index in [2.05, 4.69) is 10.1 Å². The first-order valence-corrected chi connectivity index (χ1v) is 6.83. The number of rotatable bonds is 4. The molecular weight excluding hydrogens is 333 g/mol. The fraction of sp³-hybridized carbons (Fsp3) is 0.357. The van der Waals surface area contributed by atoms with E-state index in [1.807, 2.05) is 0 Å². The molecule has 0 saturated carbocycles. The Hall–Kier alpha value is -2.78. The first kappa shape index (κ1) is 17.6. The van der Waals surface area contributed by atoms with Crippen LogP contribution in [0.1, 0.15) is 17.3 Å². The number of hydrogen-bond donors (Lipinski definition) is 1. The number of alkyl halides is 3. The molecule has 1 aliphatic heterocycles. The molecule has 2 rings (SSSR count). The molecule has 0 aliphatic carbocycles. The van der Waals surface area contributed by atoms with E-state index in [1.165, 1.54) is 6.92 Å². The molecule has 1 aliphatic rings. The van der Waals surface area contributed by atoms with Crippen molar-refractivity contribution < 1.29 is 37.0 Å². The van der Waals surface area contributed by atoms with Crippen LogP contribution in [-0.4, -0.2) is 48.4 Å². The summed E-state index contributed by atoms with van der Waals surface area (Å²) in [6.07, 6.45) is -6.05. The highest BCUT2D eigenvalue weighted by atomic mass is 19.4. The van der Waals surface area contributed by atoms with Crippen molar-refractivity contribution in [3.8, 4) is 5.75 Å². The predicted molar refractivity (Wildman–Crippen MR) is 73.1 cm³/mol. The summed E-state index contributed by atoms with van der Waals surface area (Å²) < 4.78 is 44.8. The number of nitrogens with one attached hydrogen (secondary N) is 1. The number of benzene rings is 1. The highest BCUT2D eigenvalue weighted by Gasteiger charge is 2.32. The lowest BCUT2D eigenvalue weighted by molar-refractivity contribution is -0.274. The third-order valence-electron chi connectivity index (χ3n) is 3.08. The van der Waals surface area contributed by atoms with E-state index in [0.29, 0.717) is 6.54 Å². The molecule has 0 bridgehead atoms. The SMILES string of the molecule is C[C@@H](OC(=O)c1ccc(OC(F)(F)F)cc1)C(=O)N1CCNC1=O. The molecule has 1 fully saturated rings. The molecule has 1 aromatic rings. The van der Waals surface area contributed by atoms with Gasteiger partial charge in [0.2, 0.25) is 0 Å². The summed E-state index contributed by atoms with van der Waals surface area (Å²) in [6.45, 7) is 1.78. The van der Waals surface area contributed by atoms with E-state index in [-0.39, 0.29) is 12.1 Å². The van der Waals surface area contributed by atoms with Gasteiger partial charge in [-0.25, -0.2) is 9.59 Å². The second-order valence-corrected chi connectivity index (χ2v) is 4.84. The van der Waals surface area contributed by atoms with Gasteiger partial charge in [0.15, 0.2) is 6.10 Å². The van der Waals surface area contributed by atoms with Gasteiger partial charge < -0.3 is 14.8 Å². The number of imide groups is 1. The summed E-state index contributed by atoms with van der Waals surface area (Å²) in [4.78, 5) is 36.2. The first-order valence-electron chi connectivity index (χ1n) is 6.83. The first-order chi connectivity index (χ1) is 11.2. The number of halogens is 3. The van der Waals surface area contributed by atoms with E-state index in [9.17, 15) is 27.6 Å². The Labute approximate surface area is 134 Å². The smallest absolute Gasteiger partial charge is 0.449 e. The zero-order valence-corrected chi connectivity index (χ0v) is 12.4. The van der Waals surface area contributed by atoms with Crippen molar-refractivity contribution in [3.05, 3.63) is 29.8 Å². The Morgan fingerprint density at radius 2 is 1.88 bits per heavy atom. The predicted octanol–water partition coefficient (Wildman–Crippen LogP) is 1.68. The van der Waals surface area contributed by atoms with Crippen LogP contribution in [0.5, 0.6) is 5.75 Å². The maximum absolute atomic E-state index is 12.1. The summed E-state index contributed by atoms with van der Waals surface area (Å²) in [7, 11) is 0. The van der Waals surface area contributed by atoms with Crippen molar-refractivity contribution in [3.63, 3.8) is 0 Å². The van der Waals surface area contributed by atoms with Gasteiger partial charge >= 0.3 is 18.4 Å². The van der Waals surface area contributed by atoms with Crippen LogP contribution < -0.4 is 10.1 Å². The Kier molecular flexibility index (Phi) is 4.96. The zero-order valence-electron chi connectivity index (χ0n) is 12.4. The van der Waals surface area contributed by atoms with Gasteiger partial charge in [-0.3, -0.25) is 9.69 Å². The van der Waals surface area contributed by atoms with Gasteiger partial charge in [0, 0.05) is 13.1 Å². The van der Waals surface area contributed by atoms with Crippen LogP contribution in [0.25, 0.3) is 0 Å². The minimum absolute atomic E-state index is 0.0601. The molecule has 1 heterocycles. The number of urea groups is 1. The average molecular weight is 346 g/mol. The van der Waals surface area contributed by atoms with Crippen molar-refractivity contribution in [1.82, 2.24) is 10.2 Å². The van der Waals surface area contributed by atoms with Gasteiger partial charge in [0.25, 0.3) is 5.91 Å². The number of esters is 1. The molecule has 1 aromatic carbocycles. The number of amides is 3. The van der Waals surface area contributed by atoms with Crippen LogP contribution in [0, 0.1) is 0 Å². The lowest BCUT2D eigenvalue weighted by Crippen LogP contribution is -2.41. The molecule has 0 unspecified atom stereocenters. The zero-order chi connectivity index (χ0) is 17.9. The fourth-order valence-corrected chi connectivity index (χ4v) is 1.97. The molecule has 1 saturated heterocycles. The topological polar surface area (TPSA) is 84.9 Å². The van der Waals surface area contributed by atoms with E-state index in [1.54, 1.807) is 0 Å². The van der Waals surface area contributed by atoms with Crippen molar-refractivity contribution in [2.24, 2.45) is 0 Å². The Balaban J connectivity index is 1.96. The summed E-state index contributed by atoms with van der Waals surface area (Å²) in [5, 5.41) is 2.44. The molecule has 24 heavy (non-hydrogen) atoms. The van der Waals surface area contributed by atoms with Gasteiger partial charge in [-0.1, -0.05) is 0 Å². The normalized spacial score (nSPS) is 15.7. The number of nitrogens with zero attached hydrogens (tertiary/aromatic N) is 1. The van der Waals surface area contributed by atoms with E-state index < -0.39 is 36.1 Å². The van der Waals surface area contributed by atoms with Crippen LogP contribution in [0.15, 0.2) is 24.3 Å². The third kappa shape index (κ3) is 4.37. The van der Waals surface area contributed by atoms with Crippen LogP contribution in [0.2, 0.25) is 0 Å². The molecule has 0 spiro atoms. The monoisotopic (exact) mass is 346 g/mol. The van der Waals surface area contributed by atoms with Crippen LogP contribution in [0.4, 0.5) is 18.0 Å². The molecule has 3 amide bonds. The maximum Gasteiger partial charge on any atom is 0.573 e. The van der Waals surface area contributed by atoms with Crippen LogP contribution >= 0.6 is 0 Å². The van der Waals surface area contributed by atoms with Crippen molar-refractivity contribution >= 4 is 17.9 Å². The number of carbonyl (C=O) groups is 3. The molecule has 0 radical (unpaired) electrons. The number of carbonyl (C=O) groups excluding carboxylic acids is 3. The van der Waals surface area contributed by atoms with Crippen molar-refractivity contribution in [2.75, 3.05) is 13.1 Å². The number of hydrogen-bond acceptors (Lipinski definition) is 5. The van der Waals surface area contributed by atoms with Gasteiger partial charge in [0.1, 0.15) is 5.75 Å². The molecule has 1 N–H and O–H groups in total. The standard InChI is InChI=1S/C14H13F3N2O5/c1-8(11(20)19-7-6-18-13(19)22)23-12(21)9-2-4-10(5-3-9)24-14(15,16)17/h2-5,8H,6-7H2,1H3,(H,18,22)/t8-/m1/s1. The largest absolute Gasteiger partial charge is 0.573 e. The van der Waals surface area contributed by atoms with Crippen LogP contribution in [0.3, 0.4) is 0 Å². The summed E-state index contributed by atoms with van der Waals surface area (Å²) >= 11 is 0. The minimum atomic E-state index is -4.83. The fourth-order valence-electron chi connectivity index (χ4n) is 1.97.